The molecule has 0 aliphatic rings. The summed E-state index contributed by atoms with van der Waals surface area (Å²) < 4.78 is 4.90. The van der Waals surface area contributed by atoms with Crippen molar-refractivity contribution >= 4 is 38.6 Å². The van der Waals surface area contributed by atoms with E-state index in [-0.39, 0.29) is 19.0 Å². The third-order valence-corrected chi connectivity index (χ3v) is 5.66. The van der Waals surface area contributed by atoms with Crippen LogP contribution in [0.15, 0.2) is 68.7 Å². The molecule has 2 aromatic heterocycles. The van der Waals surface area contributed by atoms with E-state index in [1.54, 1.807) is 29.8 Å². The van der Waals surface area contributed by atoms with Crippen molar-refractivity contribution in [2.24, 2.45) is 0 Å². The zero-order valence-corrected chi connectivity index (χ0v) is 19.3. The number of halogens is 1. The lowest BCUT2D eigenvalue weighted by atomic mass is 10.2. The summed E-state index contributed by atoms with van der Waals surface area (Å²) in [5.74, 6) is -0.375. The monoisotopic (exact) mass is 495 g/mol. The van der Waals surface area contributed by atoms with Gasteiger partial charge >= 0.3 is 5.69 Å². The fourth-order valence-electron chi connectivity index (χ4n) is 3.75. The average molecular weight is 496 g/mol. The van der Waals surface area contributed by atoms with Crippen LogP contribution >= 0.6 is 15.9 Å². The summed E-state index contributed by atoms with van der Waals surface area (Å²) in [6.45, 7) is 3.94. The highest BCUT2D eigenvalue weighted by Gasteiger charge is 2.21. The molecule has 0 saturated heterocycles. The van der Waals surface area contributed by atoms with E-state index >= 15 is 0 Å². The molecule has 0 spiro atoms. The molecule has 2 heterocycles. The van der Waals surface area contributed by atoms with E-state index in [4.69, 9.17) is 0 Å². The molecule has 2 aromatic carbocycles. The first-order chi connectivity index (χ1) is 15.4. The number of aryl methyl sites for hydroxylation is 2. The first-order valence-electron chi connectivity index (χ1n) is 10.2. The molecule has 4 rings (SSSR count). The molecular formula is C23H22BrN5O3. The Morgan fingerprint density at radius 3 is 2.47 bits per heavy atom. The van der Waals surface area contributed by atoms with E-state index in [1.165, 1.54) is 4.57 Å². The van der Waals surface area contributed by atoms with Gasteiger partial charge in [-0.2, -0.15) is 5.10 Å². The molecule has 0 bridgehead atoms. The first kappa shape index (κ1) is 21.8. The van der Waals surface area contributed by atoms with E-state index < -0.39 is 11.2 Å². The number of carbonyl (C=O) groups is 1. The van der Waals surface area contributed by atoms with Crippen molar-refractivity contribution in [2.45, 2.75) is 33.5 Å². The maximum Gasteiger partial charge on any atom is 0.332 e. The summed E-state index contributed by atoms with van der Waals surface area (Å²) in [6, 6.07) is 16.5. The molecule has 0 fully saturated rings. The van der Waals surface area contributed by atoms with Crippen molar-refractivity contribution in [1.29, 1.82) is 0 Å². The van der Waals surface area contributed by atoms with Crippen molar-refractivity contribution < 1.29 is 4.79 Å². The molecule has 0 aliphatic heterocycles. The standard InChI is InChI=1S/C23H22BrN5O3/c1-3-29-21-20(15(2)26-29)27(14-19(30)25-18-11-7-10-17(24)12-18)23(32)28(22(21)31)13-16-8-5-4-6-9-16/h4-12H,3,13-14H2,1-2H3,(H,25,30). The summed E-state index contributed by atoms with van der Waals surface area (Å²) in [4.78, 5) is 39.5. The Hall–Kier alpha value is -3.46. The number of nitrogens with zero attached hydrogens (tertiary/aromatic N) is 4. The number of nitrogens with one attached hydrogen (secondary N) is 1. The van der Waals surface area contributed by atoms with Crippen LogP contribution in [0, 0.1) is 6.92 Å². The SMILES string of the molecule is CCn1nc(C)c2c1c(=O)n(Cc1ccccc1)c(=O)n2CC(=O)Nc1cccc(Br)c1. The number of benzene rings is 2. The Balaban J connectivity index is 1.83. The van der Waals surface area contributed by atoms with Gasteiger partial charge in [0.1, 0.15) is 12.1 Å². The van der Waals surface area contributed by atoms with Gasteiger partial charge < -0.3 is 5.32 Å². The van der Waals surface area contributed by atoms with Crippen LogP contribution in [0.25, 0.3) is 11.0 Å². The molecule has 32 heavy (non-hydrogen) atoms. The number of anilines is 1. The highest BCUT2D eigenvalue weighted by molar-refractivity contribution is 9.10. The fraction of sp³-hybridized carbons (Fsp3) is 0.217. The minimum absolute atomic E-state index is 0.107. The Kier molecular flexibility index (Phi) is 6.09. The van der Waals surface area contributed by atoms with Gasteiger partial charge in [-0.25, -0.2) is 4.79 Å². The molecule has 1 N–H and O–H groups in total. The zero-order chi connectivity index (χ0) is 22.8. The zero-order valence-electron chi connectivity index (χ0n) is 17.7. The van der Waals surface area contributed by atoms with Crippen LogP contribution in [0.5, 0.6) is 0 Å². The Labute approximate surface area is 192 Å². The number of hydrogen-bond acceptors (Lipinski definition) is 4. The molecule has 0 unspecified atom stereocenters. The minimum atomic E-state index is -0.547. The van der Waals surface area contributed by atoms with Gasteiger partial charge in [0.15, 0.2) is 5.52 Å². The van der Waals surface area contributed by atoms with E-state index in [1.807, 2.05) is 43.3 Å². The lowest BCUT2D eigenvalue weighted by Crippen LogP contribution is -2.42. The maximum atomic E-state index is 13.4. The fourth-order valence-corrected chi connectivity index (χ4v) is 4.15. The predicted molar refractivity (Wildman–Crippen MR) is 127 cm³/mol. The van der Waals surface area contributed by atoms with Gasteiger partial charge in [0.05, 0.1) is 12.2 Å². The van der Waals surface area contributed by atoms with E-state index in [2.05, 4.69) is 26.3 Å². The van der Waals surface area contributed by atoms with Crippen molar-refractivity contribution in [3.8, 4) is 0 Å². The summed E-state index contributed by atoms with van der Waals surface area (Å²) in [5, 5.41) is 7.23. The molecule has 0 aliphatic carbocycles. The van der Waals surface area contributed by atoms with Crippen LogP contribution in [0.2, 0.25) is 0 Å². The molecule has 164 valence electrons. The topological polar surface area (TPSA) is 90.9 Å². The van der Waals surface area contributed by atoms with Crippen LogP contribution in [0.3, 0.4) is 0 Å². The third-order valence-electron chi connectivity index (χ3n) is 5.17. The van der Waals surface area contributed by atoms with Crippen molar-refractivity contribution in [2.75, 3.05) is 5.32 Å². The van der Waals surface area contributed by atoms with Gasteiger partial charge in [-0.05, 0) is 37.6 Å². The van der Waals surface area contributed by atoms with Gasteiger partial charge in [-0.1, -0.05) is 52.3 Å². The van der Waals surface area contributed by atoms with Crippen molar-refractivity contribution in [3.05, 3.63) is 91.2 Å². The van der Waals surface area contributed by atoms with Crippen LogP contribution in [0.1, 0.15) is 18.2 Å². The molecule has 0 radical (unpaired) electrons. The van der Waals surface area contributed by atoms with E-state index in [0.29, 0.717) is 29.0 Å². The second kappa shape index (κ2) is 8.96. The molecule has 9 heteroatoms. The molecule has 0 atom stereocenters. The molecule has 1 amide bonds. The van der Waals surface area contributed by atoms with Crippen molar-refractivity contribution in [1.82, 2.24) is 18.9 Å². The van der Waals surface area contributed by atoms with Crippen LogP contribution in [-0.2, 0) is 24.4 Å². The first-order valence-corrected chi connectivity index (χ1v) is 11.0. The van der Waals surface area contributed by atoms with Gasteiger partial charge in [-0.15, -0.1) is 0 Å². The lowest BCUT2D eigenvalue weighted by molar-refractivity contribution is -0.116. The maximum absolute atomic E-state index is 13.4. The number of aromatic nitrogens is 4. The molecular weight excluding hydrogens is 474 g/mol. The van der Waals surface area contributed by atoms with E-state index in [0.717, 1.165) is 14.6 Å². The smallest absolute Gasteiger partial charge is 0.324 e. The van der Waals surface area contributed by atoms with Crippen molar-refractivity contribution in [3.63, 3.8) is 0 Å². The number of hydrogen-bond donors (Lipinski definition) is 1. The third kappa shape index (κ3) is 4.16. The second-order valence-corrected chi connectivity index (χ2v) is 8.32. The molecule has 0 saturated carbocycles. The second-order valence-electron chi connectivity index (χ2n) is 7.40. The minimum Gasteiger partial charge on any atom is -0.324 e. The number of fused-ring (bicyclic) bond motifs is 1. The Bertz CT molecular complexity index is 1420. The summed E-state index contributed by atoms with van der Waals surface area (Å²) in [5.41, 5.74) is 1.68. The van der Waals surface area contributed by atoms with Crippen LogP contribution < -0.4 is 16.6 Å². The summed E-state index contributed by atoms with van der Waals surface area (Å²) >= 11 is 3.38. The molecule has 8 nitrogen and oxygen atoms in total. The van der Waals surface area contributed by atoms with Gasteiger partial charge in [0, 0.05) is 16.7 Å². The van der Waals surface area contributed by atoms with Crippen LogP contribution in [-0.4, -0.2) is 24.8 Å². The summed E-state index contributed by atoms with van der Waals surface area (Å²) in [7, 11) is 0. The Morgan fingerprint density at radius 2 is 1.78 bits per heavy atom. The highest BCUT2D eigenvalue weighted by atomic mass is 79.9. The summed E-state index contributed by atoms with van der Waals surface area (Å²) in [6.07, 6.45) is 0. The number of rotatable bonds is 6. The quantitative estimate of drug-likeness (QED) is 0.444. The van der Waals surface area contributed by atoms with Gasteiger partial charge in [0.2, 0.25) is 5.91 Å². The van der Waals surface area contributed by atoms with Crippen LogP contribution in [0.4, 0.5) is 5.69 Å². The van der Waals surface area contributed by atoms with Gasteiger partial charge in [-0.3, -0.25) is 23.4 Å². The lowest BCUT2D eigenvalue weighted by Gasteiger charge is -2.13. The average Bonchev–Trinajstić information content (AvgIpc) is 3.11. The largest absolute Gasteiger partial charge is 0.332 e. The van der Waals surface area contributed by atoms with E-state index in [9.17, 15) is 14.4 Å². The predicted octanol–water partition coefficient (Wildman–Crippen LogP) is 3.14. The normalized spacial score (nSPS) is 11.1. The van der Waals surface area contributed by atoms with Gasteiger partial charge in [0.25, 0.3) is 5.56 Å². The number of amides is 1. The number of carbonyl (C=O) groups excluding carboxylic acids is 1. The Morgan fingerprint density at radius 1 is 1.03 bits per heavy atom. The molecule has 4 aromatic rings. The highest BCUT2D eigenvalue weighted by Crippen LogP contribution is 2.17.